The van der Waals surface area contributed by atoms with Gasteiger partial charge in [-0.1, -0.05) is 24.9 Å². The van der Waals surface area contributed by atoms with E-state index in [1.54, 1.807) is 0 Å². The van der Waals surface area contributed by atoms with Gasteiger partial charge >= 0.3 is 11.9 Å². The summed E-state index contributed by atoms with van der Waals surface area (Å²) in [6, 6.07) is 3.93. The number of nitrogens with one attached hydrogen (secondary N) is 1. The van der Waals surface area contributed by atoms with E-state index < -0.39 is 11.9 Å². The van der Waals surface area contributed by atoms with Gasteiger partial charge in [-0.05, 0) is 66.5 Å². The number of rotatable bonds is 8. The molecule has 0 atom stereocenters. The highest BCUT2D eigenvalue weighted by molar-refractivity contribution is 9.10. The first-order valence-electron chi connectivity index (χ1n) is 7.55. The topological polar surface area (TPSA) is 95.9 Å². The molecule has 0 saturated heterocycles. The summed E-state index contributed by atoms with van der Waals surface area (Å²) in [6.07, 6.45) is 3.45. The number of aliphatic carboxylic acids is 2. The van der Waals surface area contributed by atoms with Gasteiger partial charge in [-0.25, -0.2) is 9.59 Å². The van der Waals surface area contributed by atoms with E-state index in [4.69, 9.17) is 36.1 Å². The van der Waals surface area contributed by atoms with Gasteiger partial charge in [0.2, 0.25) is 0 Å². The Morgan fingerprint density at radius 3 is 2.29 bits per heavy atom. The minimum atomic E-state index is -1.82. The van der Waals surface area contributed by atoms with E-state index in [2.05, 4.69) is 28.2 Å². The lowest BCUT2D eigenvalue weighted by Gasteiger charge is -2.11. The van der Waals surface area contributed by atoms with Crippen molar-refractivity contribution in [1.82, 2.24) is 5.32 Å². The smallest absolute Gasteiger partial charge is 0.414 e. The van der Waals surface area contributed by atoms with E-state index in [9.17, 15) is 0 Å². The number of carboxylic acids is 2. The molecule has 1 aromatic rings. The lowest BCUT2D eigenvalue weighted by Crippen LogP contribution is -2.18. The van der Waals surface area contributed by atoms with Gasteiger partial charge in [-0.3, -0.25) is 0 Å². The molecule has 24 heavy (non-hydrogen) atoms. The molecule has 0 radical (unpaired) electrons. The van der Waals surface area contributed by atoms with Crippen molar-refractivity contribution >= 4 is 39.5 Å². The van der Waals surface area contributed by atoms with E-state index in [1.165, 1.54) is 12.8 Å². The summed E-state index contributed by atoms with van der Waals surface area (Å²) in [5.74, 6) is -2.90. The fraction of sp³-hybridized carbons (Fsp3) is 0.500. The standard InChI is InChI=1S/C14H21BrClNO.C2H2O4/c1-3-4-6-17-7-5-8-18-14-12(15)9-11(2)10-13(14)16;3-1(4)2(5)6/h9-10,17H,3-8H2,1-2H3;(H,3,4)(H,5,6). The summed E-state index contributed by atoms with van der Waals surface area (Å²) in [5, 5.41) is 18.8. The van der Waals surface area contributed by atoms with Crippen LogP contribution < -0.4 is 10.1 Å². The molecule has 0 aliphatic carbocycles. The molecule has 0 aromatic heterocycles. The van der Waals surface area contributed by atoms with Gasteiger partial charge in [0.1, 0.15) is 0 Å². The predicted octanol–water partition coefficient (Wildman–Crippen LogP) is 3.73. The maximum absolute atomic E-state index is 9.10. The van der Waals surface area contributed by atoms with Crippen molar-refractivity contribution in [2.24, 2.45) is 0 Å². The fourth-order valence-electron chi connectivity index (χ4n) is 1.62. The maximum Gasteiger partial charge on any atom is 0.414 e. The second-order valence-corrected chi connectivity index (χ2v) is 6.24. The number of carboxylic acid groups (broad SMARTS) is 2. The molecule has 0 fully saturated rings. The Kier molecular flexibility index (Phi) is 12.3. The molecule has 6 nitrogen and oxygen atoms in total. The third-order valence-corrected chi connectivity index (χ3v) is 3.65. The van der Waals surface area contributed by atoms with Crippen LogP contribution in [-0.4, -0.2) is 41.8 Å². The van der Waals surface area contributed by atoms with Crippen LogP contribution in [0.3, 0.4) is 0 Å². The summed E-state index contributed by atoms with van der Waals surface area (Å²) < 4.78 is 6.63. The largest absolute Gasteiger partial charge is 0.491 e. The Morgan fingerprint density at radius 2 is 1.79 bits per heavy atom. The first-order chi connectivity index (χ1) is 11.3. The van der Waals surface area contributed by atoms with Crippen molar-refractivity contribution in [3.8, 4) is 5.75 Å². The van der Waals surface area contributed by atoms with E-state index in [-0.39, 0.29) is 0 Å². The summed E-state index contributed by atoms with van der Waals surface area (Å²) in [7, 11) is 0. The predicted molar refractivity (Wildman–Crippen MR) is 97.1 cm³/mol. The third kappa shape index (κ3) is 10.5. The Hall–Kier alpha value is -1.31. The van der Waals surface area contributed by atoms with Crippen LogP contribution in [-0.2, 0) is 9.59 Å². The number of aryl methyl sites for hydroxylation is 1. The second-order valence-electron chi connectivity index (χ2n) is 4.97. The summed E-state index contributed by atoms with van der Waals surface area (Å²) >= 11 is 9.62. The summed E-state index contributed by atoms with van der Waals surface area (Å²) in [6.45, 7) is 6.97. The molecule has 0 aliphatic rings. The maximum atomic E-state index is 9.10. The molecule has 3 N–H and O–H groups in total. The summed E-state index contributed by atoms with van der Waals surface area (Å²) in [4.78, 5) is 18.2. The number of benzene rings is 1. The van der Waals surface area contributed by atoms with Crippen LogP contribution in [0.25, 0.3) is 0 Å². The van der Waals surface area contributed by atoms with Crippen LogP contribution in [0, 0.1) is 6.92 Å². The van der Waals surface area contributed by atoms with Gasteiger partial charge in [-0.15, -0.1) is 0 Å². The lowest BCUT2D eigenvalue weighted by atomic mass is 10.2. The first kappa shape index (κ1) is 22.7. The molecule has 0 spiro atoms. The highest BCUT2D eigenvalue weighted by atomic mass is 79.9. The molecular formula is C16H23BrClNO5. The van der Waals surface area contributed by atoms with E-state index >= 15 is 0 Å². The average Bonchev–Trinajstić information content (AvgIpc) is 2.49. The van der Waals surface area contributed by atoms with Gasteiger partial charge in [0.15, 0.2) is 5.75 Å². The highest BCUT2D eigenvalue weighted by Gasteiger charge is 2.07. The van der Waals surface area contributed by atoms with Gasteiger partial charge in [0.25, 0.3) is 0 Å². The molecular weight excluding hydrogens is 402 g/mol. The van der Waals surface area contributed by atoms with Crippen molar-refractivity contribution in [3.05, 3.63) is 27.2 Å². The van der Waals surface area contributed by atoms with Gasteiger partial charge in [-0.2, -0.15) is 0 Å². The molecule has 0 bridgehead atoms. The quantitative estimate of drug-likeness (QED) is 0.435. The van der Waals surface area contributed by atoms with Crippen LogP contribution in [0.4, 0.5) is 0 Å². The van der Waals surface area contributed by atoms with Crippen LogP contribution >= 0.6 is 27.5 Å². The Morgan fingerprint density at radius 1 is 1.21 bits per heavy atom. The Bertz CT molecular complexity index is 504. The number of carbonyl (C=O) groups is 2. The second kappa shape index (κ2) is 13.0. The lowest BCUT2D eigenvalue weighted by molar-refractivity contribution is -0.159. The molecule has 0 aliphatic heterocycles. The monoisotopic (exact) mass is 423 g/mol. The molecule has 136 valence electrons. The first-order valence-corrected chi connectivity index (χ1v) is 8.72. The minimum Gasteiger partial charge on any atom is -0.491 e. The Balaban J connectivity index is 0.000000754. The normalized spacial score (nSPS) is 9.83. The van der Waals surface area contributed by atoms with E-state index in [0.717, 1.165) is 35.3 Å². The zero-order chi connectivity index (χ0) is 18.5. The molecule has 1 rings (SSSR count). The van der Waals surface area contributed by atoms with Crippen molar-refractivity contribution < 1.29 is 24.5 Å². The molecule has 0 amide bonds. The van der Waals surface area contributed by atoms with Crippen molar-refractivity contribution in [2.45, 2.75) is 33.1 Å². The van der Waals surface area contributed by atoms with Crippen LogP contribution in [0.2, 0.25) is 5.02 Å². The molecule has 0 unspecified atom stereocenters. The van der Waals surface area contributed by atoms with Gasteiger partial charge in [0.05, 0.1) is 16.1 Å². The fourth-order valence-corrected chi connectivity index (χ4v) is 2.75. The SMILES string of the molecule is CCCCNCCCOc1c(Cl)cc(C)cc1Br.O=C(O)C(=O)O. The molecule has 8 heteroatoms. The third-order valence-electron chi connectivity index (χ3n) is 2.78. The van der Waals surface area contributed by atoms with Crippen LogP contribution in [0.5, 0.6) is 5.75 Å². The summed E-state index contributed by atoms with van der Waals surface area (Å²) in [5.41, 5.74) is 1.13. The van der Waals surface area contributed by atoms with E-state index in [1.807, 2.05) is 19.1 Å². The minimum absolute atomic E-state index is 0.667. The van der Waals surface area contributed by atoms with Gasteiger partial charge < -0.3 is 20.3 Å². The van der Waals surface area contributed by atoms with Crippen LogP contribution in [0.1, 0.15) is 31.7 Å². The average molecular weight is 425 g/mol. The van der Waals surface area contributed by atoms with E-state index in [0.29, 0.717) is 11.6 Å². The molecule has 0 saturated carbocycles. The number of hydrogen-bond donors (Lipinski definition) is 3. The number of ether oxygens (including phenoxy) is 1. The number of halogens is 2. The highest BCUT2D eigenvalue weighted by Crippen LogP contribution is 2.34. The van der Waals surface area contributed by atoms with Crippen molar-refractivity contribution in [1.29, 1.82) is 0 Å². The number of unbranched alkanes of at least 4 members (excludes halogenated alkanes) is 1. The molecule has 0 heterocycles. The van der Waals surface area contributed by atoms with Crippen LogP contribution in [0.15, 0.2) is 16.6 Å². The Labute approximate surface area is 155 Å². The zero-order valence-electron chi connectivity index (χ0n) is 13.8. The number of hydrogen-bond acceptors (Lipinski definition) is 4. The zero-order valence-corrected chi connectivity index (χ0v) is 16.1. The van der Waals surface area contributed by atoms with Crippen molar-refractivity contribution in [3.63, 3.8) is 0 Å². The van der Waals surface area contributed by atoms with Gasteiger partial charge in [0, 0.05) is 0 Å². The molecule has 1 aromatic carbocycles. The van der Waals surface area contributed by atoms with Crippen molar-refractivity contribution in [2.75, 3.05) is 19.7 Å².